The van der Waals surface area contributed by atoms with Gasteiger partial charge >= 0.3 is 10.4 Å². The van der Waals surface area contributed by atoms with E-state index in [0.29, 0.717) is 5.69 Å². The van der Waals surface area contributed by atoms with Crippen LogP contribution >= 0.6 is 0 Å². The molecular weight excluding hydrogens is 224 g/mol. The van der Waals surface area contributed by atoms with Crippen molar-refractivity contribution in [1.82, 2.24) is 15.4 Å². The van der Waals surface area contributed by atoms with Crippen molar-refractivity contribution in [3.05, 3.63) is 18.2 Å². The molecule has 0 saturated carbocycles. The topological polar surface area (TPSA) is 142 Å². The van der Waals surface area contributed by atoms with E-state index in [1.165, 1.54) is 0 Å². The molecule has 15 heavy (non-hydrogen) atoms. The highest BCUT2D eigenvalue weighted by atomic mass is 32.3. The number of aromatic nitrogens is 3. The van der Waals surface area contributed by atoms with E-state index >= 15 is 0 Å². The number of hydrogen-bond donors (Lipinski definition) is 4. The second kappa shape index (κ2) is 4.21. The maximum absolute atomic E-state index is 8.74. The summed E-state index contributed by atoms with van der Waals surface area (Å²) in [6, 6.07) is 5.40. The second-order valence-corrected chi connectivity index (χ2v) is 3.42. The molecule has 0 radical (unpaired) electrons. The molecule has 0 aliphatic rings. The van der Waals surface area contributed by atoms with Gasteiger partial charge in [0.25, 0.3) is 0 Å². The van der Waals surface area contributed by atoms with Crippen molar-refractivity contribution in [3.63, 3.8) is 0 Å². The van der Waals surface area contributed by atoms with Crippen LogP contribution in [0.3, 0.4) is 0 Å². The van der Waals surface area contributed by atoms with Crippen LogP contribution in [0.4, 0.5) is 5.69 Å². The summed E-state index contributed by atoms with van der Waals surface area (Å²) in [5, 5.41) is 10.2. The van der Waals surface area contributed by atoms with Crippen molar-refractivity contribution in [1.29, 1.82) is 0 Å². The van der Waals surface area contributed by atoms with Crippen LogP contribution in [0.1, 0.15) is 0 Å². The summed E-state index contributed by atoms with van der Waals surface area (Å²) >= 11 is 0. The van der Waals surface area contributed by atoms with Gasteiger partial charge in [0.05, 0.1) is 0 Å². The van der Waals surface area contributed by atoms with Crippen LogP contribution in [0.25, 0.3) is 11.0 Å². The Morgan fingerprint density at radius 3 is 2.33 bits per heavy atom. The lowest BCUT2D eigenvalue weighted by Crippen LogP contribution is -1.89. The molecule has 0 amide bonds. The minimum absolute atomic E-state index is 0.710. The Hall–Kier alpha value is -1.71. The molecule has 9 heteroatoms. The zero-order valence-electron chi connectivity index (χ0n) is 7.32. The number of nitrogens with zero attached hydrogens (tertiary/aromatic N) is 2. The first kappa shape index (κ1) is 11.4. The average molecular weight is 232 g/mol. The molecule has 5 N–H and O–H groups in total. The van der Waals surface area contributed by atoms with E-state index in [1.54, 1.807) is 12.1 Å². The minimum Gasteiger partial charge on any atom is -0.399 e. The Kier molecular flexibility index (Phi) is 3.19. The summed E-state index contributed by atoms with van der Waals surface area (Å²) in [5.74, 6) is 0. The Balaban J connectivity index is 0.000000195. The molecule has 0 bridgehead atoms. The lowest BCUT2D eigenvalue weighted by Gasteiger charge is -1.87. The number of fused-ring (bicyclic) bond motifs is 1. The predicted octanol–water partition coefficient (Wildman–Crippen LogP) is -0.113. The molecule has 0 unspecified atom stereocenters. The van der Waals surface area contributed by atoms with Gasteiger partial charge in [-0.25, -0.2) is 0 Å². The Labute approximate surface area is 84.7 Å². The van der Waals surface area contributed by atoms with Crippen LogP contribution in [0.15, 0.2) is 18.2 Å². The van der Waals surface area contributed by atoms with Gasteiger partial charge in [0, 0.05) is 5.69 Å². The zero-order chi connectivity index (χ0) is 11.5. The van der Waals surface area contributed by atoms with E-state index in [1.807, 2.05) is 6.07 Å². The lowest BCUT2D eigenvalue weighted by molar-refractivity contribution is 0.381. The first-order valence-corrected chi connectivity index (χ1v) is 5.02. The largest absolute Gasteiger partial charge is 0.399 e. The van der Waals surface area contributed by atoms with Crippen molar-refractivity contribution in [2.24, 2.45) is 0 Å². The molecule has 0 saturated heterocycles. The average Bonchev–Trinajstić information content (AvgIpc) is 2.47. The molecule has 82 valence electrons. The molecule has 0 atom stereocenters. The summed E-state index contributed by atoms with van der Waals surface area (Å²) < 4.78 is 31.6. The third-order valence-electron chi connectivity index (χ3n) is 1.34. The Morgan fingerprint density at radius 2 is 1.73 bits per heavy atom. The molecule has 0 spiro atoms. The lowest BCUT2D eigenvalue weighted by atomic mass is 10.3. The Morgan fingerprint density at radius 1 is 1.20 bits per heavy atom. The van der Waals surface area contributed by atoms with Gasteiger partial charge in [0.15, 0.2) is 0 Å². The third kappa shape index (κ3) is 4.35. The number of hydrogen-bond acceptors (Lipinski definition) is 5. The van der Waals surface area contributed by atoms with Crippen molar-refractivity contribution < 1.29 is 17.5 Å². The van der Waals surface area contributed by atoms with Crippen LogP contribution in [0, 0.1) is 0 Å². The van der Waals surface area contributed by atoms with Crippen molar-refractivity contribution in [2.75, 3.05) is 5.73 Å². The van der Waals surface area contributed by atoms with E-state index in [2.05, 4.69) is 15.4 Å². The van der Waals surface area contributed by atoms with Crippen LogP contribution in [0.5, 0.6) is 0 Å². The van der Waals surface area contributed by atoms with E-state index in [0.717, 1.165) is 11.0 Å². The van der Waals surface area contributed by atoms with E-state index in [-0.39, 0.29) is 0 Å². The molecule has 1 aromatic heterocycles. The second-order valence-electron chi connectivity index (χ2n) is 2.52. The maximum atomic E-state index is 8.74. The van der Waals surface area contributed by atoms with Gasteiger partial charge in [-0.15, -0.1) is 0 Å². The van der Waals surface area contributed by atoms with Crippen molar-refractivity contribution >= 4 is 27.1 Å². The van der Waals surface area contributed by atoms with Gasteiger partial charge in [-0.2, -0.15) is 23.8 Å². The smallest absolute Gasteiger partial charge is 0.394 e. The number of H-pyrrole nitrogens is 1. The number of rotatable bonds is 0. The van der Waals surface area contributed by atoms with Gasteiger partial charge < -0.3 is 5.73 Å². The normalized spacial score (nSPS) is 10.8. The van der Waals surface area contributed by atoms with Crippen LogP contribution in [-0.2, 0) is 10.4 Å². The molecule has 1 aromatic carbocycles. The van der Waals surface area contributed by atoms with E-state index in [9.17, 15) is 0 Å². The summed E-state index contributed by atoms with van der Waals surface area (Å²) in [7, 11) is -4.67. The molecular formula is C6H8N4O4S. The summed E-state index contributed by atoms with van der Waals surface area (Å²) in [6.07, 6.45) is 0. The first-order valence-electron chi connectivity index (χ1n) is 3.62. The van der Waals surface area contributed by atoms with Crippen LogP contribution in [0.2, 0.25) is 0 Å². The van der Waals surface area contributed by atoms with Crippen LogP contribution in [-0.4, -0.2) is 32.9 Å². The summed E-state index contributed by atoms with van der Waals surface area (Å²) in [4.78, 5) is 0. The molecule has 1 heterocycles. The highest BCUT2D eigenvalue weighted by Crippen LogP contribution is 2.10. The molecule has 0 aliphatic carbocycles. The monoisotopic (exact) mass is 232 g/mol. The number of nitrogens with two attached hydrogens (primary N) is 1. The fraction of sp³-hybridized carbons (Fsp3) is 0. The SMILES string of the molecule is Nc1ccc2n[nH]nc2c1.O=S(=O)(O)O. The predicted molar refractivity (Wildman–Crippen MR) is 52.5 cm³/mol. The van der Waals surface area contributed by atoms with Gasteiger partial charge in [0.1, 0.15) is 11.0 Å². The Bertz CT molecular complexity index is 541. The molecule has 0 aliphatic heterocycles. The molecule has 0 fully saturated rings. The van der Waals surface area contributed by atoms with Crippen molar-refractivity contribution in [3.8, 4) is 0 Å². The molecule has 2 aromatic rings. The summed E-state index contributed by atoms with van der Waals surface area (Å²) in [5.41, 5.74) is 7.86. The van der Waals surface area contributed by atoms with Gasteiger partial charge in [-0.1, -0.05) is 0 Å². The quantitative estimate of drug-likeness (QED) is 0.366. The maximum Gasteiger partial charge on any atom is 0.394 e. The zero-order valence-corrected chi connectivity index (χ0v) is 8.14. The van der Waals surface area contributed by atoms with Crippen molar-refractivity contribution in [2.45, 2.75) is 0 Å². The standard InChI is InChI=1S/C6H6N4.H2O4S/c7-4-1-2-5-6(3-4)9-10-8-5;1-5(2,3)4/h1-3H,7H2,(H,8,9,10);(H2,1,2,3,4). The highest BCUT2D eigenvalue weighted by molar-refractivity contribution is 7.79. The molecule has 2 rings (SSSR count). The van der Waals surface area contributed by atoms with E-state index in [4.69, 9.17) is 23.3 Å². The minimum atomic E-state index is -4.67. The fourth-order valence-electron chi connectivity index (χ4n) is 0.857. The highest BCUT2D eigenvalue weighted by Gasteiger charge is 1.94. The number of anilines is 1. The van der Waals surface area contributed by atoms with Gasteiger partial charge in [0.2, 0.25) is 0 Å². The fourth-order valence-corrected chi connectivity index (χ4v) is 0.857. The van der Waals surface area contributed by atoms with Gasteiger partial charge in [-0.3, -0.25) is 9.11 Å². The first-order chi connectivity index (χ1) is 6.86. The number of benzene rings is 1. The third-order valence-corrected chi connectivity index (χ3v) is 1.34. The van der Waals surface area contributed by atoms with E-state index < -0.39 is 10.4 Å². The number of nitrogens with one attached hydrogen (secondary N) is 1. The summed E-state index contributed by atoms with van der Waals surface area (Å²) in [6.45, 7) is 0. The number of aromatic amines is 1. The van der Waals surface area contributed by atoms with Gasteiger partial charge in [-0.05, 0) is 18.2 Å². The van der Waals surface area contributed by atoms with Crippen LogP contribution < -0.4 is 5.73 Å². The molecule has 8 nitrogen and oxygen atoms in total. The number of nitrogen functional groups attached to an aromatic ring is 1.